The number of hydrogen-bond donors (Lipinski definition) is 0. The molecule has 0 saturated heterocycles. The van der Waals surface area contributed by atoms with Crippen molar-refractivity contribution in [2.45, 2.75) is 60.3 Å². The van der Waals surface area contributed by atoms with E-state index >= 15 is 0 Å². The van der Waals surface area contributed by atoms with Crippen LogP contribution in [0.2, 0.25) is 0 Å². The summed E-state index contributed by atoms with van der Waals surface area (Å²) in [6.45, 7) is 15.7. The Bertz CT molecular complexity index is 1840. The number of rotatable bonds is 5. The van der Waals surface area contributed by atoms with E-state index in [4.69, 9.17) is 4.98 Å². The molecule has 3 nitrogen and oxygen atoms in total. The number of benzene rings is 4. The lowest BCUT2D eigenvalue weighted by atomic mass is 9.79. The second-order valence-electron chi connectivity index (χ2n) is 11.7. The molecular formula is C36H37N3. The van der Waals surface area contributed by atoms with Crippen LogP contribution in [0.15, 0.2) is 85.2 Å². The zero-order valence-corrected chi connectivity index (χ0v) is 24.1. The average Bonchev–Trinajstić information content (AvgIpc) is 3.50. The molecule has 196 valence electrons. The Morgan fingerprint density at radius 2 is 1.49 bits per heavy atom. The van der Waals surface area contributed by atoms with Gasteiger partial charge in [0.05, 0.1) is 16.7 Å². The van der Waals surface area contributed by atoms with Crippen LogP contribution < -0.4 is 0 Å². The number of nitrogens with zero attached hydrogens (tertiary/aromatic N) is 3. The number of aryl methyl sites for hydroxylation is 4. The van der Waals surface area contributed by atoms with Gasteiger partial charge in [0.2, 0.25) is 0 Å². The molecule has 0 saturated carbocycles. The third-order valence-corrected chi connectivity index (χ3v) is 8.44. The molecule has 0 N–H and O–H groups in total. The lowest BCUT2D eigenvalue weighted by Gasteiger charge is -2.27. The van der Waals surface area contributed by atoms with E-state index in [9.17, 15) is 0 Å². The molecule has 0 bridgehead atoms. The summed E-state index contributed by atoms with van der Waals surface area (Å²) < 4.78 is 4.72. The van der Waals surface area contributed by atoms with E-state index in [0.717, 1.165) is 12.2 Å². The summed E-state index contributed by atoms with van der Waals surface area (Å²) in [4.78, 5) is 5.00. The molecule has 39 heavy (non-hydrogen) atoms. The molecule has 0 aliphatic heterocycles. The van der Waals surface area contributed by atoms with Gasteiger partial charge in [-0.25, -0.2) is 4.98 Å². The van der Waals surface area contributed by atoms with Gasteiger partial charge >= 0.3 is 0 Å². The highest BCUT2D eigenvalue weighted by molar-refractivity contribution is 6.11. The monoisotopic (exact) mass is 511 g/mol. The summed E-state index contributed by atoms with van der Waals surface area (Å²) >= 11 is 0. The largest absolute Gasteiger partial charge is 0.309 e. The number of imidazole rings is 1. The van der Waals surface area contributed by atoms with Gasteiger partial charge in [0.1, 0.15) is 5.82 Å². The highest BCUT2D eigenvalue weighted by atomic mass is 15.1. The first-order valence-electron chi connectivity index (χ1n) is 14.0. The molecule has 0 aliphatic carbocycles. The number of para-hydroxylation sites is 1. The van der Waals surface area contributed by atoms with E-state index in [-0.39, 0.29) is 5.41 Å². The van der Waals surface area contributed by atoms with Crippen molar-refractivity contribution in [2.24, 2.45) is 0 Å². The van der Waals surface area contributed by atoms with Crippen LogP contribution >= 0.6 is 0 Å². The van der Waals surface area contributed by atoms with Gasteiger partial charge in [-0.1, -0.05) is 68.8 Å². The maximum atomic E-state index is 5.00. The SMILES string of the molecule is CCC(C)(C)c1cc2c(cc1-c1nccn1-c1c(C)cc(C)cc1C)c1ccccc1n2-c1cccc(C)c1. The molecule has 2 heterocycles. The van der Waals surface area contributed by atoms with Gasteiger partial charge < -0.3 is 4.57 Å². The Labute approximate surface area is 231 Å². The Morgan fingerprint density at radius 1 is 0.744 bits per heavy atom. The molecule has 0 unspecified atom stereocenters. The molecule has 6 aromatic rings. The van der Waals surface area contributed by atoms with Crippen molar-refractivity contribution >= 4 is 21.8 Å². The predicted octanol–water partition coefficient (Wildman–Crippen LogP) is 9.56. The van der Waals surface area contributed by atoms with Crippen LogP contribution in [-0.4, -0.2) is 14.1 Å². The van der Waals surface area contributed by atoms with Crippen molar-refractivity contribution in [3.8, 4) is 22.8 Å². The summed E-state index contributed by atoms with van der Waals surface area (Å²) in [5.74, 6) is 0.996. The average molecular weight is 512 g/mol. The standard InChI is InChI=1S/C36H37N3/c1-8-36(6,7)31-22-33-29(28-14-9-10-15-32(28)39(33)27-13-11-12-23(2)20-27)21-30(31)35-37-16-17-38(35)34-25(4)18-24(3)19-26(34)5/h9-22H,8H2,1-7H3. The molecule has 0 spiro atoms. The molecule has 2 aromatic heterocycles. The Hall–Kier alpha value is -4.11. The zero-order valence-electron chi connectivity index (χ0n) is 24.1. The maximum absolute atomic E-state index is 5.00. The second-order valence-corrected chi connectivity index (χ2v) is 11.7. The third-order valence-electron chi connectivity index (χ3n) is 8.44. The highest BCUT2D eigenvalue weighted by Crippen LogP contribution is 2.42. The van der Waals surface area contributed by atoms with Crippen LogP contribution in [0.1, 0.15) is 55.0 Å². The van der Waals surface area contributed by atoms with E-state index in [1.807, 2.05) is 6.20 Å². The summed E-state index contributed by atoms with van der Waals surface area (Å²) in [6, 6.07) is 26.9. The zero-order chi connectivity index (χ0) is 27.5. The normalized spacial score (nSPS) is 12.1. The summed E-state index contributed by atoms with van der Waals surface area (Å²) in [5.41, 5.74) is 12.4. The third kappa shape index (κ3) is 4.08. The van der Waals surface area contributed by atoms with Crippen molar-refractivity contribution in [3.63, 3.8) is 0 Å². The minimum absolute atomic E-state index is 0.0362. The molecule has 0 atom stereocenters. The van der Waals surface area contributed by atoms with Gasteiger partial charge in [-0.2, -0.15) is 0 Å². The molecule has 0 amide bonds. The van der Waals surface area contributed by atoms with Crippen molar-refractivity contribution < 1.29 is 0 Å². The van der Waals surface area contributed by atoms with Crippen molar-refractivity contribution in [1.82, 2.24) is 14.1 Å². The fraction of sp³-hybridized carbons (Fsp3) is 0.250. The van der Waals surface area contributed by atoms with Crippen molar-refractivity contribution in [2.75, 3.05) is 0 Å². The predicted molar refractivity (Wildman–Crippen MR) is 166 cm³/mol. The van der Waals surface area contributed by atoms with E-state index in [0.29, 0.717) is 0 Å². The summed E-state index contributed by atoms with van der Waals surface area (Å²) in [7, 11) is 0. The van der Waals surface area contributed by atoms with Crippen LogP contribution in [0.25, 0.3) is 44.6 Å². The van der Waals surface area contributed by atoms with E-state index in [1.54, 1.807) is 0 Å². The minimum atomic E-state index is -0.0362. The topological polar surface area (TPSA) is 22.8 Å². The minimum Gasteiger partial charge on any atom is -0.309 e. The van der Waals surface area contributed by atoms with E-state index in [2.05, 4.69) is 137 Å². The number of fused-ring (bicyclic) bond motifs is 3. The van der Waals surface area contributed by atoms with Crippen LogP contribution in [0, 0.1) is 27.7 Å². The molecule has 4 aromatic carbocycles. The van der Waals surface area contributed by atoms with Crippen molar-refractivity contribution in [1.29, 1.82) is 0 Å². The molecule has 0 fully saturated rings. The van der Waals surface area contributed by atoms with Crippen LogP contribution in [-0.2, 0) is 5.41 Å². The lowest BCUT2D eigenvalue weighted by Crippen LogP contribution is -2.18. The quantitative estimate of drug-likeness (QED) is 0.226. The Balaban J connectivity index is 1.72. The van der Waals surface area contributed by atoms with Crippen LogP contribution in [0.3, 0.4) is 0 Å². The maximum Gasteiger partial charge on any atom is 0.144 e. The molecule has 0 radical (unpaired) electrons. The van der Waals surface area contributed by atoms with Crippen LogP contribution in [0.4, 0.5) is 0 Å². The lowest BCUT2D eigenvalue weighted by molar-refractivity contribution is 0.507. The van der Waals surface area contributed by atoms with Crippen molar-refractivity contribution in [3.05, 3.63) is 113 Å². The first kappa shape index (κ1) is 25.2. The summed E-state index contributed by atoms with van der Waals surface area (Å²) in [5, 5.41) is 2.52. The van der Waals surface area contributed by atoms with Crippen LogP contribution in [0.5, 0.6) is 0 Å². The Kier molecular flexibility index (Phi) is 5.99. The van der Waals surface area contributed by atoms with Gasteiger partial charge in [-0.3, -0.25) is 4.57 Å². The molecular weight excluding hydrogens is 474 g/mol. The first-order chi connectivity index (χ1) is 18.7. The fourth-order valence-corrected chi connectivity index (χ4v) is 6.23. The first-order valence-corrected chi connectivity index (χ1v) is 14.0. The highest BCUT2D eigenvalue weighted by Gasteiger charge is 2.27. The molecule has 3 heteroatoms. The van der Waals surface area contributed by atoms with Gasteiger partial charge in [0.15, 0.2) is 0 Å². The number of hydrogen-bond acceptors (Lipinski definition) is 1. The molecule has 6 rings (SSSR count). The molecule has 0 aliphatic rings. The van der Waals surface area contributed by atoms with E-state index < -0.39 is 0 Å². The van der Waals surface area contributed by atoms with Gasteiger partial charge in [-0.15, -0.1) is 0 Å². The fourth-order valence-electron chi connectivity index (χ4n) is 6.23. The Morgan fingerprint density at radius 3 is 2.21 bits per heavy atom. The second kappa shape index (κ2) is 9.27. The summed E-state index contributed by atoms with van der Waals surface area (Å²) in [6.07, 6.45) is 5.08. The van der Waals surface area contributed by atoms with Gasteiger partial charge in [-0.05, 0) is 92.1 Å². The van der Waals surface area contributed by atoms with Gasteiger partial charge in [0.25, 0.3) is 0 Å². The van der Waals surface area contributed by atoms with E-state index in [1.165, 1.54) is 66.6 Å². The van der Waals surface area contributed by atoms with Gasteiger partial charge in [0, 0.05) is 34.4 Å². The smallest absolute Gasteiger partial charge is 0.144 e. The number of aromatic nitrogens is 3.